The van der Waals surface area contributed by atoms with Crippen molar-refractivity contribution >= 4 is 27.7 Å². The second-order valence-electron chi connectivity index (χ2n) is 4.94. The highest BCUT2D eigenvalue weighted by atomic mass is 79.9. The van der Waals surface area contributed by atoms with Gasteiger partial charge in [0.05, 0.1) is 0 Å². The first kappa shape index (κ1) is 11.9. The van der Waals surface area contributed by atoms with Crippen molar-refractivity contribution in [2.45, 2.75) is 19.3 Å². The van der Waals surface area contributed by atoms with Gasteiger partial charge in [0.15, 0.2) is 0 Å². The molecule has 2 aliphatic rings. The fourth-order valence-electron chi connectivity index (χ4n) is 2.34. The predicted molar refractivity (Wildman–Crippen MR) is 64.3 cm³/mol. The summed E-state index contributed by atoms with van der Waals surface area (Å²) in [6, 6.07) is 0. The van der Waals surface area contributed by atoms with Crippen molar-refractivity contribution in [3.63, 3.8) is 0 Å². The summed E-state index contributed by atoms with van der Waals surface area (Å²) in [6.45, 7) is 2.06. The zero-order valence-corrected chi connectivity index (χ0v) is 11.1. The molecule has 0 atom stereocenters. The van der Waals surface area contributed by atoms with Gasteiger partial charge in [-0.05, 0) is 18.3 Å². The van der Waals surface area contributed by atoms with E-state index < -0.39 is 0 Å². The lowest BCUT2D eigenvalue weighted by Gasteiger charge is -2.45. The third-order valence-electron chi connectivity index (χ3n) is 3.75. The van der Waals surface area contributed by atoms with Gasteiger partial charge in [-0.3, -0.25) is 9.59 Å². The maximum atomic E-state index is 11.8. The number of piperazine rings is 1. The van der Waals surface area contributed by atoms with Crippen LogP contribution in [0.2, 0.25) is 0 Å². The molecular formula is C11H17BrN2O2. The SMILES string of the molecule is CN1CCN(CC2(CBr)CCC2)C(=O)C1=O. The Bertz CT molecular complexity index is 310. The Hall–Kier alpha value is -0.580. The molecule has 1 aliphatic heterocycles. The third kappa shape index (κ3) is 1.97. The van der Waals surface area contributed by atoms with Gasteiger partial charge in [0.25, 0.3) is 0 Å². The number of hydrogen-bond acceptors (Lipinski definition) is 2. The molecule has 0 spiro atoms. The minimum absolute atomic E-state index is 0.228. The summed E-state index contributed by atoms with van der Waals surface area (Å²) < 4.78 is 0. The van der Waals surface area contributed by atoms with Crippen LogP contribution in [0.1, 0.15) is 19.3 Å². The van der Waals surface area contributed by atoms with Crippen molar-refractivity contribution < 1.29 is 9.59 Å². The lowest BCUT2D eigenvalue weighted by molar-refractivity contribution is -0.156. The second kappa shape index (κ2) is 4.35. The van der Waals surface area contributed by atoms with E-state index in [0.717, 1.165) is 24.7 Å². The van der Waals surface area contributed by atoms with Crippen LogP contribution in [-0.2, 0) is 9.59 Å². The summed E-state index contributed by atoms with van der Waals surface area (Å²) in [4.78, 5) is 26.6. The molecule has 2 rings (SSSR count). The number of amides is 2. The minimum Gasteiger partial charge on any atom is -0.336 e. The van der Waals surface area contributed by atoms with E-state index in [-0.39, 0.29) is 17.2 Å². The van der Waals surface area contributed by atoms with Gasteiger partial charge in [-0.1, -0.05) is 22.4 Å². The van der Waals surface area contributed by atoms with Gasteiger partial charge in [-0.15, -0.1) is 0 Å². The highest BCUT2D eigenvalue weighted by molar-refractivity contribution is 9.09. The van der Waals surface area contributed by atoms with Crippen LogP contribution in [-0.4, -0.2) is 53.6 Å². The number of carbonyl (C=O) groups is 2. The third-order valence-corrected chi connectivity index (χ3v) is 4.94. The highest BCUT2D eigenvalue weighted by Crippen LogP contribution is 2.43. The Balaban J connectivity index is 2.00. The van der Waals surface area contributed by atoms with Crippen molar-refractivity contribution in [2.75, 3.05) is 32.0 Å². The Labute approximate surface area is 104 Å². The van der Waals surface area contributed by atoms with Crippen LogP contribution in [0.25, 0.3) is 0 Å². The standard InChI is InChI=1S/C11H17BrN2O2/c1-13-5-6-14(10(16)9(13)15)8-11(7-12)3-2-4-11/h2-8H2,1H3. The lowest BCUT2D eigenvalue weighted by atomic mass is 9.70. The average molecular weight is 289 g/mol. The van der Waals surface area contributed by atoms with E-state index in [1.165, 1.54) is 11.3 Å². The summed E-state index contributed by atoms with van der Waals surface area (Å²) >= 11 is 3.52. The molecule has 0 aromatic heterocycles. The molecule has 1 heterocycles. The number of halogens is 1. The molecule has 0 aromatic rings. The van der Waals surface area contributed by atoms with Crippen molar-refractivity contribution in [3.8, 4) is 0 Å². The van der Waals surface area contributed by atoms with E-state index in [1.807, 2.05) is 0 Å². The molecule has 0 N–H and O–H groups in total. The molecule has 16 heavy (non-hydrogen) atoms. The topological polar surface area (TPSA) is 40.6 Å². The maximum absolute atomic E-state index is 11.8. The smallest absolute Gasteiger partial charge is 0.312 e. The summed E-state index contributed by atoms with van der Waals surface area (Å²) in [5.74, 6) is -0.698. The summed E-state index contributed by atoms with van der Waals surface area (Å²) in [5, 5.41) is 0.924. The second-order valence-corrected chi connectivity index (χ2v) is 5.50. The van der Waals surface area contributed by atoms with Gasteiger partial charge < -0.3 is 9.80 Å². The Morgan fingerprint density at radius 3 is 2.44 bits per heavy atom. The zero-order valence-electron chi connectivity index (χ0n) is 9.54. The summed E-state index contributed by atoms with van der Waals surface area (Å²) in [5.41, 5.74) is 0.228. The van der Waals surface area contributed by atoms with Gasteiger partial charge in [0, 0.05) is 32.0 Å². The number of likely N-dealkylation sites (N-methyl/N-ethyl adjacent to an activating group) is 1. The van der Waals surface area contributed by atoms with Gasteiger partial charge in [-0.25, -0.2) is 0 Å². The van der Waals surface area contributed by atoms with E-state index in [0.29, 0.717) is 13.1 Å². The molecule has 1 aliphatic carbocycles. The Morgan fingerprint density at radius 2 is 1.94 bits per heavy atom. The molecule has 0 aromatic carbocycles. The number of rotatable bonds is 3. The number of hydrogen-bond donors (Lipinski definition) is 0. The van der Waals surface area contributed by atoms with Crippen LogP contribution in [0.5, 0.6) is 0 Å². The molecule has 5 heteroatoms. The summed E-state index contributed by atoms with van der Waals surface area (Å²) in [6.07, 6.45) is 3.56. The molecule has 0 bridgehead atoms. The fourth-order valence-corrected chi connectivity index (χ4v) is 3.08. The van der Waals surface area contributed by atoms with Gasteiger partial charge in [0.2, 0.25) is 0 Å². The minimum atomic E-state index is -0.365. The lowest BCUT2D eigenvalue weighted by Crippen LogP contribution is -2.56. The van der Waals surface area contributed by atoms with E-state index in [2.05, 4.69) is 15.9 Å². The van der Waals surface area contributed by atoms with Crippen molar-refractivity contribution in [1.82, 2.24) is 9.80 Å². The fraction of sp³-hybridized carbons (Fsp3) is 0.818. The van der Waals surface area contributed by atoms with E-state index in [1.54, 1.807) is 11.9 Å². The van der Waals surface area contributed by atoms with E-state index >= 15 is 0 Å². The van der Waals surface area contributed by atoms with Crippen molar-refractivity contribution in [2.24, 2.45) is 5.41 Å². The quantitative estimate of drug-likeness (QED) is 0.571. The maximum Gasteiger partial charge on any atom is 0.312 e. The predicted octanol–water partition coefficient (Wildman–Crippen LogP) is 0.852. The summed E-state index contributed by atoms with van der Waals surface area (Å²) in [7, 11) is 1.68. The highest BCUT2D eigenvalue weighted by Gasteiger charge is 2.41. The Morgan fingerprint density at radius 1 is 1.25 bits per heavy atom. The monoisotopic (exact) mass is 288 g/mol. The molecule has 90 valence electrons. The first-order valence-corrected chi connectivity index (χ1v) is 6.80. The largest absolute Gasteiger partial charge is 0.336 e. The van der Waals surface area contributed by atoms with Crippen molar-refractivity contribution in [3.05, 3.63) is 0 Å². The van der Waals surface area contributed by atoms with Crippen LogP contribution in [0.15, 0.2) is 0 Å². The van der Waals surface area contributed by atoms with Crippen LogP contribution in [0.3, 0.4) is 0 Å². The first-order chi connectivity index (χ1) is 7.58. The molecule has 1 saturated heterocycles. The van der Waals surface area contributed by atoms with Crippen molar-refractivity contribution in [1.29, 1.82) is 0 Å². The average Bonchev–Trinajstić information content (AvgIpc) is 2.23. The van der Waals surface area contributed by atoms with Gasteiger partial charge in [-0.2, -0.15) is 0 Å². The number of alkyl halides is 1. The number of nitrogens with zero attached hydrogens (tertiary/aromatic N) is 2. The molecular weight excluding hydrogens is 272 g/mol. The molecule has 0 radical (unpaired) electrons. The zero-order chi connectivity index (χ0) is 11.8. The van der Waals surface area contributed by atoms with Gasteiger partial charge in [0.1, 0.15) is 0 Å². The first-order valence-electron chi connectivity index (χ1n) is 5.68. The normalized spacial score (nSPS) is 24.6. The molecule has 1 saturated carbocycles. The molecule has 2 fully saturated rings. The molecule has 0 unspecified atom stereocenters. The number of carbonyl (C=O) groups excluding carboxylic acids is 2. The van der Waals surface area contributed by atoms with E-state index in [4.69, 9.17) is 0 Å². The van der Waals surface area contributed by atoms with Gasteiger partial charge >= 0.3 is 11.8 Å². The van der Waals surface area contributed by atoms with Crippen LogP contribution < -0.4 is 0 Å². The molecule has 4 nitrogen and oxygen atoms in total. The molecule has 2 amide bonds. The Kier molecular flexibility index (Phi) is 3.24. The van der Waals surface area contributed by atoms with Crippen LogP contribution in [0.4, 0.5) is 0 Å². The van der Waals surface area contributed by atoms with Crippen LogP contribution >= 0.6 is 15.9 Å². The van der Waals surface area contributed by atoms with Crippen LogP contribution in [0, 0.1) is 5.41 Å². The van der Waals surface area contributed by atoms with E-state index in [9.17, 15) is 9.59 Å².